The standard InChI is InChI=1S/C12H10BrClO3/c1-7(15)12(13)11-8(5-6-10(16)17)3-2-4-9(11)14/h2-6,12H,1H3,(H,16,17). The van der Waals surface area contributed by atoms with Crippen molar-refractivity contribution < 1.29 is 14.7 Å². The zero-order valence-electron chi connectivity index (χ0n) is 8.98. The predicted molar refractivity (Wildman–Crippen MR) is 70.5 cm³/mol. The highest BCUT2D eigenvalue weighted by Gasteiger charge is 2.18. The van der Waals surface area contributed by atoms with Gasteiger partial charge in [-0.15, -0.1) is 0 Å². The van der Waals surface area contributed by atoms with Crippen molar-refractivity contribution in [3.8, 4) is 0 Å². The highest BCUT2D eigenvalue weighted by molar-refractivity contribution is 9.09. The zero-order valence-corrected chi connectivity index (χ0v) is 11.3. The van der Waals surface area contributed by atoms with Gasteiger partial charge in [0.2, 0.25) is 0 Å². The zero-order chi connectivity index (χ0) is 13.0. The third-order valence-corrected chi connectivity index (χ3v) is 3.53. The Bertz CT molecular complexity index is 483. The molecular weight excluding hydrogens is 307 g/mol. The van der Waals surface area contributed by atoms with Gasteiger partial charge in [-0.1, -0.05) is 39.7 Å². The van der Waals surface area contributed by atoms with Gasteiger partial charge < -0.3 is 5.11 Å². The number of alkyl halides is 1. The predicted octanol–water partition coefficient (Wildman–Crippen LogP) is 3.46. The number of hydrogen-bond acceptors (Lipinski definition) is 2. The van der Waals surface area contributed by atoms with Crippen LogP contribution in [0.1, 0.15) is 22.9 Å². The average Bonchev–Trinajstić information content (AvgIpc) is 2.25. The van der Waals surface area contributed by atoms with Crippen LogP contribution in [0.5, 0.6) is 0 Å². The van der Waals surface area contributed by atoms with E-state index < -0.39 is 10.8 Å². The molecule has 0 spiro atoms. The fourth-order valence-corrected chi connectivity index (χ4v) is 2.26. The summed E-state index contributed by atoms with van der Waals surface area (Å²) in [5, 5.41) is 9.01. The molecule has 90 valence electrons. The number of carbonyl (C=O) groups is 2. The maximum Gasteiger partial charge on any atom is 0.328 e. The molecule has 0 saturated heterocycles. The summed E-state index contributed by atoms with van der Waals surface area (Å²) in [6, 6.07) is 5.07. The molecule has 0 heterocycles. The highest BCUT2D eigenvalue weighted by Crippen LogP contribution is 2.33. The molecule has 1 atom stereocenters. The Morgan fingerprint density at radius 2 is 2.12 bits per heavy atom. The van der Waals surface area contributed by atoms with Crippen molar-refractivity contribution in [2.75, 3.05) is 0 Å². The first-order valence-corrected chi connectivity index (χ1v) is 6.06. The number of hydrogen-bond donors (Lipinski definition) is 1. The lowest BCUT2D eigenvalue weighted by Gasteiger charge is -2.12. The molecule has 0 aromatic heterocycles. The number of benzene rings is 1. The van der Waals surface area contributed by atoms with Crippen LogP contribution in [0.2, 0.25) is 5.02 Å². The number of halogens is 2. The second kappa shape index (κ2) is 5.98. The third kappa shape index (κ3) is 3.68. The first-order valence-electron chi connectivity index (χ1n) is 4.77. The summed E-state index contributed by atoms with van der Waals surface area (Å²) in [4.78, 5) is 21.3. The Labute approximate surface area is 112 Å². The number of carbonyl (C=O) groups excluding carboxylic acids is 1. The van der Waals surface area contributed by atoms with Gasteiger partial charge in [0.25, 0.3) is 0 Å². The summed E-state index contributed by atoms with van der Waals surface area (Å²) in [6.07, 6.45) is 2.43. The minimum absolute atomic E-state index is 0.0944. The SMILES string of the molecule is CC(=O)C(Br)c1c(Cl)cccc1C=CC(=O)O. The van der Waals surface area contributed by atoms with Crippen LogP contribution in [-0.4, -0.2) is 16.9 Å². The third-order valence-electron chi connectivity index (χ3n) is 2.10. The first-order chi connectivity index (χ1) is 7.93. The van der Waals surface area contributed by atoms with E-state index in [2.05, 4.69) is 15.9 Å². The smallest absolute Gasteiger partial charge is 0.328 e. The van der Waals surface area contributed by atoms with E-state index in [1.165, 1.54) is 13.0 Å². The van der Waals surface area contributed by atoms with Crippen LogP contribution in [0.15, 0.2) is 24.3 Å². The Kier molecular flexibility index (Phi) is 4.90. The van der Waals surface area contributed by atoms with Crippen molar-refractivity contribution in [1.29, 1.82) is 0 Å². The van der Waals surface area contributed by atoms with E-state index >= 15 is 0 Å². The van der Waals surface area contributed by atoms with Crippen LogP contribution in [0.3, 0.4) is 0 Å². The number of carboxylic acid groups (broad SMARTS) is 1. The molecule has 0 radical (unpaired) electrons. The summed E-state index contributed by atoms with van der Waals surface area (Å²) < 4.78 is 0. The van der Waals surface area contributed by atoms with Crippen molar-refractivity contribution in [2.24, 2.45) is 0 Å². The topological polar surface area (TPSA) is 54.4 Å². The second-order valence-corrected chi connectivity index (χ2v) is 4.71. The number of carboxylic acids is 1. The number of Topliss-reactive ketones (excluding diaryl/α,β-unsaturated/α-hetero) is 1. The molecule has 0 bridgehead atoms. The van der Waals surface area contributed by atoms with Crippen LogP contribution >= 0.6 is 27.5 Å². The van der Waals surface area contributed by atoms with Crippen LogP contribution in [0.4, 0.5) is 0 Å². The van der Waals surface area contributed by atoms with E-state index in [4.69, 9.17) is 16.7 Å². The van der Waals surface area contributed by atoms with Gasteiger partial charge in [-0.3, -0.25) is 4.79 Å². The molecule has 5 heteroatoms. The molecule has 0 aliphatic rings. The molecular formula is C12H10BrClO3. The van der Waals surface area contributed by atoms with Gasteiger partial charge >= 0.3 is 5.97 Å². The van der Waals surface area contributed by atoms with Gasteiger partial charge in [-0.25, -0.2) is 4.79 Å². The lowest BCUT2D eigenvalue weighted by molar-refractivity contribution is -0.131. The normalized spacial score (nSPS) is 12.6. The molecule has 1 N–H and O–H groups in total. The van der Waals surface area contributed by atoms with Crippen LogP contribution < -0.4 is 0 Å². The van der Waals surface area contributed by atoms with Gasteiger partial charge in [-0.2, -0.15) is 0 Å². The molecule has 0 aliphatic carbocycles. The number of rotatable bonds is 4. The van der Waals surface area contributed by atoms with Crippen molar-refractivity contribution in [3.63, 3.8) is 0 Å². The van der Waals surface area contributed by atoms with Gasteiger partial charge in [0, 0.05) is 11.1 Å². The van der Waals surface area contributed by atoms with Crippen molar-refractivity contribution in [1.82, 2.24) is 0 Å². The summed E-state index contributed by atoms with van der Waals surface area (Å²) in [6.45, 7) is 1.44. The van der Waals surface area contributed by atoms with Crippen molar-refractivity contribution in [3.05, 3.63) is 40.4 Å². The average molecular weight is 318 g/mol. The highest BCUT2D eigenvalue weighted by atomic mass is 79.9. The van der Waals surface area contributed by atoms with Crippen molar-refractivity contribution in [2.45, 2.75) is 11.8 Å². The van der Waals surface area contributed by atoms with Crippen LogP contribution in [0.25, 0.3) is 6.08 Å². The van der Waals surface area contributed by atoms with E-state index in [-0.39, 0.29) is 5.78 Å². The molecule has 0 aliphatic heterocycles. The maximum atomic E-state index is 11.3. The minimum atomic E-state index is -1.05. The van der Waals surface area contributed by atoms with Crippen LogP contribution in [-0.2, 0) is 9.59 Å². The monoisotopic (exact) mass is 316 g/mol. The summed E-state index contributed by atoms with van der Waals surface area (Å²) in [5.41, 5.74) is 1.19. The second-order valence-electron chi connectivity index (χ2n) is 3.39. The Morgan fingerprint density at radius 1 is 1.47 bits per heavy atom. The quantitative estimate of drug-likeness (QED) is 0.683. The largest absolute Gasteiger partial charge is 0.478 e. The van der Waals surface area contributed by atoms with E-state index in [0.29, 0.717) is 16.1 Å². The summed E-state index contributed by atoms with van der Waals surface area (Å²) >= 11 is 9.26. The molecule has 1 unspecified atom stereocenters. The molecule has 1 aromatic carbocycles. The van der Waals surface area contributed by atoms with E-state index in [1.54, 1.807) is 18.2 Å². The molecule has 1 rings (SSSR count). The molecule has 0 saturated carbocycles. The number of aliphatic carboxylic acids is 1. The Hall–Kier alpha value is -1.13. The van der Waals surface area contributed by atoms with E-state index in [0.717, 1.165) is 6.08 Å². The van der Waals surface area contributed by atoms with Gasteiger partial charge in [-0.05, 0) is 30.2 Å². The molecule has 1 aromatic rings. The van der Waals surface area contributed by atoms with Gasteiger partial charge in [0.15, 0.2) is 0 Å². The Morgan fingerprint density at radius 3 is 2.65 bits per heavy atom. The molecule has 0 fully saturated rings. The first kappa shape index (κ1) is 13.9. The lowest BCUT2D eigenvalue weighted by Crippen LogP contribution is -2.04. The fourth-order valence-electron chi connectivity index (χ4n) is 1.33. The molecule has 0 amide bonds. The van der Waals surface area contributed by atoms with Gasteiger partial charge in [0.05, 0.1) is 4.83 Å². The van der Waals surface area contributed by atoms with Crippen LogP contribution in [0, 0.1) is 0 Å². The number of ketones is 1. The molecule has 3 nitrogen and oxygen atoms in total. The lowest BCUT2D eigenvalue weighted by atomic mass is 10.0. The van der Waals surface area contributed by atoms with E-state index in [9.17, 15) is 9.59 Å². The van der Waals surface area contributed by atoms with Crippen molar-refractivity contribution >= 4 is 45.4 Å². The molecule has 17 heavy (non-hydrogen) atoms. The Balaban J connectivity index is 3.26. The maximum absolute atomic E-state index is 11.3. The summed E-state index contributed by atoms with van der Waals surface area (Å²) in [5.74, 6) is -1.15. The summed E-state index contributed by atoms with van der Waals surface area (Å²) in [7, 11) is 0. The van der Waals surface area contributed by atoms with Gasteiger partial charge in [0.1, 0.15) is 5.78 Å². The van der Waals surface area contributed by atoms with E-state index in [1.807, 2.05) is 0 Å². The fraction of sp³-hybridized carbons (Fsp3) is 0.167. The minimum Gasteiger partial charge on any atom is -0.478 e.